The van der Waals surface area contributed by atoms with Gasteiger partial charge < -0.3 is 15.1 Å². The predicted octanol–water partition coefficient (Wildman–Crippen LogP) is 1.37. The maximum Gasteiger partial charge on any atom is 0.255 e. The number of imide groups is 2. The number of fused-ring (bicyclic) bond motifs is 2. The molecule has 4 heterocycles. The second-order valence-corrected chi connectivity index (χ2v) is 11.2. The van der Waals surface area contributed by atoms with Gasteiger partial charge in [0, 0.05) is 66.7 Å². The van der Waals surface area contributed by atoms with Crippen LogP contribution in [0.4, 0.5) is 5.69 Å². The van der Waals surface area contributed by atoms with E-state index in [0.717, 1.165) is 5.56 Å². The lowest BCUT2D eigenvalue weighted by Gasteiger charge is -2.29. The van der Waals surface area contributed by atoms with E-state index in [1.54, 1.807) is 30.3 Å². The Morgan fingerprint density at radius 1 is 0.795 bits per heavy atom. The molecule has 2 aromatic carbocycles. The molecule has 2 saturated heterocycles. The summed E-state index contributed by atoms with van der Waals surface area (Å²) in [4.78, 5) is 89.4. The number of amides is 7. The Morgan fingerprint density at radius 2 is 1.36 bits per heavy atom. The Balaban J connectivity index is 1.04. The van der Waals surface area contributed by atoms with Crippen molar-refractivity contribution in [1.29, 1.82) is 0 Å². The van der Waals surface area contributed by atoms with Gasteiger partial charge in [0.1, 0.15) is 12.1 Å². The van der Waals surface area contributed by atoms with Crippen LogP contribution in [0.5, 0.6) is 0 Å². The van der Waals surface area contributed by atoms with Gasteiger partial charge >= 0.3 is 0 Å². The number of unbranched alkanes of at least 4 members (excludes halogenated alkanes) is 1. The van der Waals surface area contributed by atoms with Crippen LogP contribution in [0.3, 0.4) is 0 Å². The van der Waals surface area contributed by atoms with Crippen LogP contribution in [0.1, 0.15) is 82.4 Å². The summed E-state index contributed by atoms with van der Waals surface area (Å²) >= 11 is 0. The number of hydrogen-bond acceptors (Lipinski definition) is 7. The molecule has 7 amide bonds. The summed E-state index contributed by atoms with van der Waals surface area (Å²) in [7, 11) is 0. The van der Waals surface area contributed by atoms with E-state index in [1.807, 2.05) is 6.07 Å². The summed E-state index contributed by atoms with van der Waals surface area (Å²) in [5, 5.41) is 7.46. The van der Waals surface area contributed by atoms with Gasteiger partial charge in [-0.3, -0.25) is 44.2 Å². The molecule has 12 heteroatoms. The molecule has 2 atom stereocenters. The third-order valence-corrected chi connectivity index (χ3v) is 8.37. The molecule has 0 aromatic heterocycles. The van der Waals surface area contributed by atoms with Crippen molar-refractivity contribution in [1.82, 2.24) is 20.4 Å². The molecule has 3 N–H and O–H groups in total. The van der Waals surface area contributed by atoms with Crippen LogP contribution in [-0.4, -0.2) is 63.2 Å². The first-order chi connectivity index (χ1) is 21.2. The summed E-state index contributed by atoms with van der Waals surface area (Å²) in [5.41, 5.74) is 3.47. The van der Waals surface area contributed by atoms with Crippen molar-refractivity contribution in [2.75, 3.05) is 5.32 Å². The molecule has 4 aliphatic heterocycles. The van der Waals surface area contributed by atoms with Gasteiger partial charge in [-0.05, 0) is 49.1 Å². The lowest BCUT2D eigenvalue weighted by Crippen LogP contribution is -2.52. The number of rotatable bonds is 6. The first kappa shape index (κ1) is 28.8. The lowest BCUT2D eigenvalue weighted by atomic mass is 10.0. The number of benzene rings is 2. The van der Waals surface area contributed by atoms with Gasteiger partial charge in [0.2, 0.25) is 29.5 Å². The molecule has 6 rings (SSSR count). The average Bonchev–Trinajstić information content (AvgIpc) is 3.50. The second-order valence-electron chi connectivity index (χ2n) is 11.2. The van der Waals surface area contributed by atoms with Crippen molar-refractivity contribution in [2.45, 2.75) is 70.1 Å². The minimum Gasteiger partial charge on any atom is -0.326 e. The maximum absolute atomic E-state index is 13.0. The summed E-state index contributed by atoms with van der Waals surface area (Å²) in [6.07, 6.45) is 1.98. The maximum atomic E-state index is 13.0. The molecule has 0 spiro atoms. The number of carbonyl (C=O) groups excluding carboxylic acids is 7. The van der Waals surface area contributed by atoms with Gasteiger partial charge in [0.25, 0.3) is 11.8 Å². The molecular weight excluding hydrogens is 566 g/mol. The van der Waals surface area contributed by atoms with Crippen molar-refractivity contribution in [3.05, 3.63) is 64.2 Å². The van der Waals surface area contributed by atoms with E-state index in [2.05, 4.69) is 27.8 Å². The molecular formula is C32H29N5O7. The Labute approximate surface area is 252 Å². The molecule has 224 valence electrons. The number of carbonyl (C=O) groups is 7. The molecule has 4 aliphatic rings. The molecule has 12 nitrogen and oxygen atoms in total. The Kier molecular flexibility index (Phi) is 7.69. The van der Waals surface area contributed by atoms with Gasteiger partial charge in [-0.15, -0.1) is 0 Å². The van der Waals surface area contributed by atoms with Crippen LogP contribution in [0.15, 0.2) is 36.4 Å². The molecule has 44 heavy (non-hydrogen) atoms. The van der Waals surface area contributed by atoms with Crippen molar-refractivity contribution in [2.24, 2.45) is 0 Å². The fraction of sp³-hybridized carbons (Fsp3) is 0.344. The van der Waals surface area contributed by atoms with Gasteiger partial charge in [-0.25, -0.2) is 0 Å². The van der Waals surface area contributed by atoms with E-state index in [0.29, 0.717) is 40.8 Å². The molecule has 0 saturated carbocycles. The van der Waals surface area contributed by atoms with E-state index in [-0.39, 0.29) is 74.7 Å². The van der Waals surface area contributed by atoms with E-state index < -0.39 is 23.9 Å². The van der Waals surface area contributed by atoms with Crippen molar-refractivity contribution < 1.29 is 33.6 Å². The number of anilines is 1. The van der Waals surface area contributed by atoms with E-state index in [1.165, 1.54) is 9.80 Å². The zero-order valence-electron chi connectivity index (χ0n) is 23.7. The van der Waals surface area contributed by atoms with Crippen molar-refractivity contribution in [3.8, 4) is 11.8 Å². The normalized spacial score (nSPS) is 20.9. The number of piperidine rings is 2. The van der Waals surface area contributed by atoms with Gasteiger partial charge in [-0.2, -0.15) is 0 Å². The van der Waals surface area contributed by atoms with Crippen LogP contribution >= 0.6 is 0 Å². The smallest absolute Gasteiger partial charge is 0.255 e. The molecule has 2 unspecified atom stereocenters. The first-order valence-corrected chi connectivity index (χ1v) is 14.5. The summed E-state index contributed by atoms with van der Waals surface area (Å²) in [5.74, 6) is 3.72. The third kappa shape index (κ3) is 5.44. The SMILES string of the molecule is O=C1CCC(N2Cc3c(C#CCCCC(=O)Nc4cccc5c4CN(C4CCC(=O)NC4=O)C5=O)cccc3C2=O)C(=O)N1. The third-order valence-electron chi connectivity index (χ3n) is 8.37. The lowest BCUT2D eigenvalue weighted by molar-refractivity contribution is -0.138. The monoisotopic (exact) mass is 595 g/mol. The van der Waals surface area contributed by atoms with Crippen molar-refractivity contribution >= 4 is 47.0 Å². The average molecular weight is 596 g/mol. The Bertz CT molecular complexity index is 1700. The molecule has 2 aromatic rings. The van der Waals surface area contributed by atoms with Crippen molar-refractivity contribution in [3.63, 3.8) is 0 Å². The van der Waals surface area contributed by atoms with Crippen LogP contribution in [0.2, 0.25) is 0 Å². The van der Waals surface area contributed by atoms with Gasteiger partial charge in [0.05, 0.1) is 0 Å². The summed E-state index contributed by atoms with van der Waals surface area (Å²) in [6.45, 7) is 0.395. The van der Waals surface area contributed by atoms with Crippen LogP contribution in [0.25, 0.3) is 0 Å². The standard InChI is InChI=1S/C32H29N5O7/c38-26(33-23-10-5-9-20-22(23)17-37(32(20)44)25-13-15-28(40)35-30(25)42)11-3-1-2-6-18-7-4-8-19-21(18)16-36(31(19)43)24-12-14-27(39)34-29(24)41/h4-5,7-10,24-25H,1,3,11-17H2,(H,33,38)(H,34,39,41)(H,35,40,42). The zero-order valence-corrected chi connectivity index (χ0v) is 23.7. The summed E-state index contributed by atoms with van der Waals surface area (Å²) < 4.78 is 0. The van der Waals surface area contributed by atoms with Crippen LogP contribution < -0.4 is 16.0 Å². The minimum absolute atomic E-state index is 0.160. The highest BCUT2D eigenvalue weighted by Gasteiger charge is 2.41. The molecule has 0 bridgehead atoms. The van der Waals surface area contributed by atoms with Gasteiger partial charge in [-0.1, -0.05) is 24.0 Å². The zero-order chi connectivity index (χ0) is 31.0. The summed E-state index contributed by atoms with van der Waals surface area (Å²) in [6, 6.07) is 8.88. The first-order valence-electron chi connectivity index (χ1n) is 14.5. The topological polar surface area (TPSA) is 162 Å². The predicted molar refractivity (Wildman–Crippen MR) is 154 cm³/mol. The Hall–Kier alpha value is -5.31. The highest BCUT2D eigenvalue weighted by atomic mass is 16.2. The van der Waals surface area contributed by atoms with E-state index in [9.17, 15) is 33.6 Å². The largest absolute Gasteiger partial charge is 0.326 e. The molecule has 0 aliphatic carbocycles. The number of nitrogens with one attached hydrogen (secondary N) is 3. The van der Waals surface area contributed by atoms with Crippen LogP contribution in [-0.2, 0) is 37.1 Å². The molecule has 0 radical (unpaired) electrons. The minimum atomic E-state index is -0.737. The number of nitrogens with zero attached hydrogens (tertiary/aromatic N) is 2. The molecule has 2 fully saturated rings. The second kappa shape index (κ2) is 11.8. The highest BCUT2D eigenvalue weighted by molar-refractivity contribution is 6.07. The highest BCUT2D eigenvalue weighted by Crippen LogP contribution is 2.33. The Morgan fingerprint density at radius 3 is 1.98 bits per heavy atom. The van der Waals surface area contributed by atoms with E-state index >= 15 is 0 Å². The van der Waals surface area contributed by atoms with E-state index in [4.69, 9.17) is 0 Å². The fourth-order valence-corrected chi connectivity index (χ4v) is 6.11. The van der Waals surface area contributed by atoms with Gasteiger partial charge in [0.15, 0.2) is 0 Å². The quantitative estimate of drug-likeness (QED) is 0.258. The van der Waals surface area contributed by atoms with Crippen LogP contribution in [0, 0.1) is 11.8 Å². The number of hydrogen-bond donors (Lipinski definition) is 3. The fourth-order valence-electron chi connectivity index (χ4n) is 6.11.